The topological polar surface area (TPSA) is 81.2 Å². The van der Waals surface area contributed by atoms with E-state index < -0.39 is 10.0 Å². The summed E-state index contributed by atoms with van der Waals surface area (Å²) in [6, 6.07) is 14.3. The lowest BCUT2D eigenvalue weighted by Gasteiger charge is -2.13. The first-order valence-corrected chi connectivity index (χ1v) is 10.3. The Morgan fingerprint density at radius 3 is 2.46 bits per heavy atom. The molecule has 2 aromatic carbocycles. The van der Waals surface area contributed by atoms with Crippen LogP contribution in [0.25, 0.3) is 10.6 Å². The number of methoxy groups -OCH3 is 1. The van der Waals surface area contributed by atoms with Gasteiger partial charge in [-0.15, -0.1) is 10.2 Å². The highest BCUT2D eigenvalue weighted by Gasteiger charge is 2.20. The number of ether oxygens (including phenoxy) is 1. The Bertz CT molecular complexity index is 1000. The monoisotopic (exact) mass is 389 g/mol. The summed E-state index contributed by atoms with van der Waals surface area (Å²) in [4.78, 5) is 0.165. The van der Waals surface area contributed by atoms with Gasteiger partial charge in [0, 0.05) is 5.56 Å². The fourth-order valence-electron chi connectivity index (χ4n) is 2.47. The summed E-state index contributed by atoms with van der Waals surface area (Å²) in [6.07, 6.45) is 0. The predicted octanol–water partition coefficient (Wildman–Crippen LogP) is 4.14. The van der Waals surface area contributed by atoms with E-state index in [9.17, 15) is 8.42 Å². The molecular weight excluding hydrogens is 370 g/mol. The molecule has 0 bridgehead atoms. The molecule has 0 aliphatic rings. The van der Waals surface area contributed by atoms with Crippen LogP contribution in [0.3, 0.4) is 0 Å². The van der Waals surface area contributed by atoms with E-state index in [1.54, 1.807) is 19.2 Å². The summed E-state index contributed by atoms with van der Waals surface area (Å²) in [5.41, 5.74) is 1.72. The summed E-state index contributed by atoms with van der Waals surface area (Å²) in [5, 5.41) is 8.89. The maximum absolute atomic E-state index is 12.7. The average Bonchev–Trinajstić information content (AvgIpc) is 3.09. The van der Waals surface area contributed by atoms with Crippen LogP contribution in [-0.4, -0.2) is 25.7 Å². The maximum Gasteiger partial charge on any atom is 0.263 e. The van der Waals surface area contributed by atoms with Gasteiger partial charge in [0.2, 0.25) is 5.13 Å². The lowest BCUT2D eigenvalue weighted by atomic mass is 10.0. The third-order valence-electron chi connectivity index (χ3n) is 3.80. The van der Waals surface area contributed by atoms with Crippen LogP contribution in [0.2, 0.25) is 0 Å². The summed E-state index contributed by atoms with van der Waals surface area (Å²) in [5.74, 6) is 0.799. The van der Waals surface area contributed by atoms with Gasteiger partial charge in [0.25, 0.3) is 10.0 Å². The molecule has 1 aromatic heterocycles. The van der Waals surface area contributed by atoms with E-state index in [1.807, 2.05) is 44.2 Å². The van der Waals surface area contributed by atoms with Crippen molar-refractivity contribution in [3.05, 3.63) is 54.1 Å². The molecule has 6 nitrogen and oxygen atoms in total. The van der Waals surface area contributed by atoms with Crippen LogP contribution < -0.4 is 9.46 Å². The highest BCUT2D eigenvalue weighted by molar-refractivity contribution is 7.93. The normalized spacial score (nSPS) is 11.5. The minimum atomic E-state index is -3.76. The zero-order valence-corrected chi connectivity index (χ0v) is 16.3. The number of anilines is 1. The van der Waals surface area contributed by atoms with Gasteiger partial charge in [-0.1, -0.05) is 55.5 Å². The number of nitrogens with zero attached hydrogens (tertiary/aromatic N) is 2. The van der Waals surface area contributed by atoms with E-state index in [1.165, 1.54) is 17.4 Å². The fourth-order valence-corrected chi connectivity index (χ4v) is 4.48. The Morgan fingerprint density at radius 2 is 1.81 bits per heavy atom. The number of rotatable bonds is 6. The molecule has 1 N–H and O–H groups in total. The second kappa shape index (κ2) is 7.43. The minimum Gasteiger partial charge on any atom is -0.496 e. The number of benzene rings is 2. The lowest BCUT2D eigenvalue weighted by molar-refractivity contribution is 0.407. The molecule has 0 radical (unpaired) electrons. The first kappa shape index (κ1) is 18.3. The molecule has 8 heteroatoms. The first-order chi connectivity index (χ1) is 12.4. The van der Waals surface area contributed by atoms with E-state index in [0.29, 0.717) is 10.8 Å². The van der Waals surface area contributed by atoms with E-state index in [4.69, 9.17) is 4.74 Å². The van der Waals surface area contributed by atoms with Gasteiger partial charge in [-0.05, 0) is 29.7 Å². The van der Waals surface area contributed by atoms with Crippen LogP contribution in [0.15, 0.2) is 53.4 Å². The van der Waals surface area contributed by atoms with E-state index in [2.05, 4.69) is 14.9 Å². The molecule has 0 aliphatic heterocycles. The standard InChI is InChI=1S/C18H19N3O3S2/c1-12(2)15-11-14(9-10-16(15)24-3)26(22,23)21-18-20-19-17(25-18)13-7-5-4-6-8-13/h4-12H,1-3H3,(H,20,21). The van der Waals surface area contributed by atoms with Crippen molar-refractivity contribution in [3.8, 4) is 16.3 Å². The quantitative estimate of drug-likeness (QED) is 0.685. The molecule has 0 saturated heterocycles. The second-order valence-corrected chi connectivity index (χ2v) is 8.60. The third kappa shape index (κ3) is 3.86. The Balaban J connectivity index is 1.88. The average molecular weight is 390 g/mol. The number of hydrogen-bond donors (Lipinski definition) is 1. The van der Waals surface area contributed by atoms with Gasteiger partial charge in [0.05, 0.1) is 12.0 Å². The van der Waals surface area contributed by atoms with Gasteiger partial charge >= 0.3 is 0 Å². The van der Waals surface area contributed by atoms with Crippen LogP contribution in [-0.2, 0) is 10.0 Å². The van der Waals surface area contributed by atoms with Crippen molar-refractivity contribution in [3.63, 3.8) is 0 Å². The molecule has 0 atom stereocenters. The van der Waals surface area contributed by atoms with Crippen molar-refractivity contribution in [1.82, 2.24) is 10.2 Å². The third-order valence-corrected chi connectivity index (χ3v) is 6.15. The van der Waals surface area contributed by atoms with E-state index in [-0.39, 0.29) is 15.9 Å². The summed E-state index contributed by atoms with van der Waals surface area (Å²) < 4.78 is 33.2. The summed E-state index contributed by atoms with van der Waals surface area (Å²) >= 11 is 1.19. The maximum atomic E-state index is 12.7. The van der Waals surface area contributed by atoms with Gasteiger partial charge in [-0.2, -0.15) is 0 Å². The van der Waals surface area contributed by atoms with Gasteiger partial charge in [-0.25, -0.2) is 8.42 Å². The first-order valence-electron chi connectivity index (χ1n) is 8.00. The molecule has 136 valence electrons. The van der Waals surface area contributed by atoms with Crippen molar-refractivity contribution >= 4 is 26.5 Å². The SMILES string of the molecule is COc1ccc(S(=O)(=O)Nc2nnc(-c3ccccc3)s2)cc1C(C)C. The number of sulfonamides is 1. The molecule has 3 aromatic rings. The van der Waals surface area contributed by atoms with Gasteiger partial charge in [-0.3, -0.25) is 4.72 Å². The fraction of sp³-hybridized carbons (Fsp3) is 0.222. The predicted molar refractivity (Wildman–Crippen MR) is 103 cm³/mol. The Kier molecular flexibility index (Phi) is 5.24. The second-order valence-electron chi connectivity index (χ2n) is 5.94. The van der Waals surface area contributed by atoms with Crippen LogP contribution >= 0.6 is 11.3 Å². The highest BCUT2D eigenvalue weighted by Crippen LogP contribution is 2.31. The molecule has 0 aliphatic carbocycles. The van der Waals surface area contributed by atoms with Crippen LogP contribution in [0, 0.1) is 0 Å². The summed E-state index contributed by atoms with van der Waals surface area (Å²) in [6.45, 7) is 3.97. The van der Waals surface area contributed by atoms with Crippen LogP contribution in [0.1, 0.15) is 25.3 Å². The molecule has 1 heterocycles. The molecule has 0 unspecified atom stereocenters. The van der Waals surface area contributed by atoms with Gasteiger partial charge in [0.1, 0.15) is 10.8 Å². The number of nitrogens with one attached hydrogen (secondary N) is 1. The Morgan fingerprint density at radius 1 is 1.08 bits per heavy atom. The number of hydrogen-bond acceptors (Lipinski definition) is 6. The molecule has 0 spiro atoms. The zero-order chi connectivity index (χ0) is 18.7. The largest absolute Gasteiger partial charge is 0.496 e. The van der Waals surface area contributed by atoms with E-state index in [0.717, 1.165) is 11.1 Å². The molecule has 0 amide bonds. The van der Waals surface area contributed by atoms with Crippen LogP contribution in [0.4, 0.5) is 5.13 Å². The van der Waals surface area contributed by atoms with Crippen molar-refractivity contribution in [2.45, 2.75) is 24.7 Å². The van der Waals surface area contributed by atoms with Gasteiger partial charge in [0.15, 0.2) is 0 Å². The Hall–Kier alpha value is -2.45. The molecular formula is C18H19N3O3S2. The van der Waals surface area contributed by atoms with E-state index >= 15 is 0 Å². The zero-order valence-electron chi connectivity index (χ0n) is 14.6. The van der Waals surface area contributed by atoms with Crippen LogP contribution in [0.5, 0.6) is 5.75 Å². The molecule has 3 rings (SSSR count). The molecule has 26 heavy (non-hydrogen) atoms. The summed E-state index contributed by atoms with van der Waals surface area (Å²) in [7, 11) is -2.19. The number of aromatic nitrogens is 2. The molecule has 0 saturated carbocycles. The van der Waals surface area contributed by atoms with Crippen molar-refractivity contribution in [2.75, 3.05) is 11.8 Å². The minimum absolute atomic E-state index is 0.131. The van der Waals surface area contributed by atoms with Crippen molar-refractivity contribution in [1.29, 1.82) is 0 Å². The van der Waals surface area contributed by atoms with Gasteiger partial charge < -0.3 is 4.74 Å². The Labute approximate surface area is 156 Å². The van der Waals surface area contributed by atoms with Crippen molar-refractivity contribution < 1.29 is 13.2 Å². The lowest BCUT2D eigenvalue weighted by Crippen LogP contribution is -2.13. The smallest absolute Gasteiger partial charge is 0.263 e. The van der Waals surface area contributed by atoms with Crippen molar-refractivity contribution in [2.24, 2.45) is 0 Å². The molecule has 0 fully saturated rings. The highest BCUT2D eigenvalue weighted by atomic mass is 32.2.